The Bertz CT molecular complexity index is 743. The molecule has 2 N–H and O–H groups in total. The molecule has 2 aliphatic heterocycles. The van der Waals surface area contributed by atoms with Crippen LogP contribution in [-0.2, 0) is 14.3 Å². The molecular formula is C13H13BF2N4O6. The van der Waals surface area contributed by atoms with Gasteiger partial charge in [-0.3, -0.25) is 5.41 Å². The number of urea groups is 1. The number of carbonyl (C=O) groups excluding carboxylic acids is 1. The summed E-state index contributed by atoms with van der Waals surface area (Å²) >= 11 is 0. The van der Waals surface area contributed by atoms with Crippen molar-refractivity contribution in [2.24, 2.45) is 0 Å². The highest BCUT2D eigenvalue weighted by atomic mass is 19.3. The summed E-state index contributed by atoms with van der Waals surface area (Å²) in [5.74, 6) is -2.27. The average Bonchev–Trinajstić information content (AvgIpc) is 3.21. The van der Waals surface area contributed by atoms with Gasteiger partial charge in [-0.25, -0.2) is 14.6 Å². The summed E-state index contributed by atoms with van der Waals surface area (Å²) < 4.78 is 37.1. The van der Waals surface area contributed by atoms with Crippen molar-refractivity contribution < 1.29 is 37.4 Å². The summed E-state index contributed by atoms with van der Waals surface area (Å²) in [5, 5.41) is 15.8. The molecule has 1 fully saturated rings. The van der Waals surface area contributed by atoms with Gasteiger partial charge in [0.1, 0.15) is 12.4 Å². The molecule has 0 spiro atoms. The van der Waals surface area contributed by atoms with E-state index in [1.165, 1.54) is 11.1 Å². The molecule has 0 saturated carbocycles. The van der Waals surface area contributed by atoms with Gasteiger partial charge in [-0.05, 0) is 6.32 Å². The van der Waals surface area contributed by atoms with Crippen LogP contribution in [0, 0.1) is 5.41 Å². The first kappa shape index (κ1) is 17.9. The zero-order valence-electron chi connectivity index (χ0n) is 13.2. The molecule has 1 saturated heterocycles. The molecule has 3 heterocycles. The molecule has 1 aromatic heterocycles. The predicted molar refractivity (Wildman–Crippen MR) is 81.5 cm³/mol. The van der Waals surface area contributed by atoms with Crippen LogP contribution in [-0.4, -0.2) is 70.7 Å². The number of oxazole rings is 1. The summed E-state index contributed by atoms with van der Waals surface area (Å²) in [5.41, 5.74) is 0.366. The molecule has 2 atom stereocenters. The number of carboxylic acids is 1. The highest BCUT2D eigenvalue weighted by Crippen LogP contribution is 2.38. The fourth-order valence-corrected chi connectivity index (χ4v) is 2.87. The van der Waals surface area contributed by atoms with E-state index in [9.17, 15) is 18.4 Å². The molecule has 138 valence electrons. The summed E-state index contributed by atoms with van der Waals surface area (Å²) in [6.45, 7) is -0.00365. The van der Waals surface area contributed by atoms with Crippen LogP contribution in [0.15, 0.2) is 23.1 Å². The van der Waals surface area contributed by atoms with Crippen molar-refractivity contribution in [3.05, 3.63) is 24.4 Å². The Morgan fingerprint density at radius 2 is 2.38 bits per heavy atom. The minimum Gasteiger partial charge on any atom is -0.557 e. The van der Waals surface area contributed by atoms with Gasteiger partial charge >= 0.3 is 25.6 Å². The second-order valence-corrected chi connectivity index (χ2v) is 5.52. The Labute approximate surface area is 145 Å². The van der Waals surface area contributed by atoms with E-state index in [-0.39, 0.29) is 26.1 Å². The van der Waals surface area contributed by atoms with Crippen LogP contribution in [0.4, 0.5) is 13.6 Å². The van der Waals surface area contributed by atoms with Gasteiger partial charge in [0.15, 0.2) is 12.2 Å². The number of rotatable bonds is 8. The van der Waals surface area contributed by atoms with Crippen molar-refractivity contribution in [2.75, 3.05) is 6.54 Å². The van der Waals surface area contributed by atoms with Gasteiger partial charge in [-0.2, -0.15) is 18.7 Å². The molecule has 2 aliphatic rings. The van der Waals surface area contributed by atoms with Crippen LogP contribution >= 0.6 is 0 Å². The Morgan fingerprint density at radius 1 is 1.62 bits per heavy atom. The summed E-state index contributed by atoms with van der Waals surface area (Å²) in [7, 11) is 0.120. The first-order valence-electron chi connectivity index (χ1n) is 7.46. The lowest BCUT2D eigenvalue weighted by Crippen LogP contribution is -2.44. The van der Waals surface area contributed by atoms with Gasteiger partial charge in [0.05, 0.1) is 12.7 Å². The topological polar surface area (TPSA) is 129 Å². The molecule has 3 rings (SSSR count). The second kappa shape index (κ2) is 6.75. The third kappa shape index (κ3) is 3.12. The minimum atomic E-state index is -4.57. The number of alkyl halides is 2. The van der Waals surface area contributed by atoms with Gasteiger partial charge in [-0.15, -0.1) is 0 Å². The van der Waals surface area contributed by atoms with Gasteiger partial charge in [0.2, 0.25) is 0 Å². The molecule has 0 aliphatic carbocycles. The number of hydroxylamine groups is 2. The fourth-order valence-electron chi connectivity index (χ4n) is 2.87. The van der Waals surface area contributed by atoms with E-state index in [1.807, 2.05) is 0 Å². The molecule has 26 heavy (non-hydrogen) atoms. The van der Waals surface area contributed by atoms with E-state index >= 15 is 0 Å². The molecule has 0 aromatic carbocycles. The Hall–Kier alpha value is -2.96. The van der Waals surface area contributed by atoms with E-state index in [0.29, 0.717) is 10.6 Å². The smallest absolute Gasteiger partial charge is 0.476 e. The van der Waals surface area contributed by atoms with E-state index in [2.05, 4.69) is 9.82 Å². The number of fused-ring (bicyclic) bond motifs is 2. The maximum Gasteiger partial charge on any atom is 0.476 e. The maximum absolute atomic E-state index is 13.5. The van der Waals surface area contributed by atoms with Crippen molar-refractivity contribution in [1.82, 2.24) is 14.9 Å². The molecule has 2 amide bonds. The van der Waals surface area contributed by atoms with Gasteiger partial charge in [0.25, 0.3) is 0 Å². The average molecular weight is 370 g/mol. The third-order valence-corrected chi connectivity index (χ3v) is 4.01. The predicted octanol–water partition coefficient (Wildman–Crippen LogP) is 0.549. The molecule has 0 radical (unpaired) electrons. The highest BCUT2D eigenvalue weighted by molar-refractivity contribution is 6.29. The Balaban J connectivity index is 1.90. The normalized spacial score (nSPS) is 22.2. The largest absolute Gasteiger partial charge is 0.557 e. The number of hydrogen-bond acceptors (Lipinski definition) is 7. The zero-order valence-corrected chi connectivity index (χ0v) is 13.2. The lowest BCUT2D eigenvalue weighted by atomic mass is 9.85. The monoisotopic (exact) mass is 370 g/mol. The van der Waals surface area contributed by atoms with Crippen LogP contribution in [0.3, 0.4) is 0 Å². The SMILES string of the molecule is N=COBC[C@@H]1C=C(c2cnco2)C2CN1C(=O)N2OC(F)(F)C(=O)O. The standard InChI is InChI=1S/C13H13BF2N4O6/c15-13(16,11(21)22)26-20-9-4-19(12(20)23)7(2-14-25-5-17)1-8(9)10-3-18-6-24-10/h1,3,5-7,9,14,17H,2,4H2,(H,21,22)/t7-,9?/m0/s1. The number of amides is 2. The maximum atomic E-state index is 13.5. The summed E-state index contributed by atoms with van der Waals surface area (Å²) in [4.78, 5) is 32.4. The molecule has 10 nitrogen and oxygen atoms in total. The van der Waals surface area contributed by atoms with Crippen LogP contribution < -0.4 is 0 Å². The Morgan fingerprint density at radius 3 is 3.00 bits per heavy atom. The molecular weight excluding hydrogens is 357 g/mol. The number of carboxylic acid groups (broad SMARTS) is 1. The number of aromatic nitrogens is 1. The first-order chi connectivity index (χ1) is 12.3. The van der Waals surface area contributed by atoms with Crippen molar-refractivity contribution in [1.29, 1.82) is 5.41 Å². The van der Waals surface area contributed by atoms with Crippen LogP contribution in [0.2, 0.25) is 6.32 Å². The van der Waals surface area contributed by atoms with Gasteiger partial charge in [-0.1, -0.05) is 6.08 Å². The van der Waals surface area contributed by atoms with Crippen molar-refractivity contribution in [3.8, 4) is 0 Å². The van der Waals surface area contributed by atoms with E-state index < -0.39 is 30.2 Å². The summed E-state index contributed by atoms with van der Waals surface area (Å²) in [6, 6.07) is -2.42. The number of nitrogens with zero attached hydrogens (tertiary/aromatic N) is 3. The van der Waals surface area contributed by atoms with Crippen LogP contribution in [0.1, 0.15) is 5.76 Å². The van der Waals surface area contributed by atoms with Crippen molar-refractivity contribution in [3.63, 3.8) is 0 Å². The Kier molecular flexibility index (Phi) is 4.63. The van der Waals surface area contributed by atoms with E-state index in [4.69, 9.17) is 19.6 Å². The molecule has 13 heteroatoms. The van der Waals surface area contributed by atoms with E-state index in [1.54, 1.807) is 6.08 Å². The summed E-state index contributed by atoms with van der Waals surface area (Å²) in [6.07, 6.45) is 0.587. The number of halogens is 2. The van der Waals surface area contributed by atoms with Gasteiger partial charge in [0, 0.05) is 11.6 Å². The minimum absolute atomic E-state index is 0.00365. The third-order valence-electron chi connectivity index (χ3n) is 4.01. The lowest BCUT2D eigenvalue weighted by molar-refractivity contribution is -0.323. The molecule has 2 bridgehead atoms. The number of hydrogen-bond donors (Lipinski definition) is 2. The quantitative estimate of drug-likeness (QED) is 0.296. The number of carbonyl (C=O) groups is 2. The fraction of sp³-hybridized carbons (Fsp3) is 0.385. The van der Waals surface area contributed by atoms with Crippen LogP contribution in [0.25, 0.3) is 5.57 Å². The van der Waals surface area contributed by atoms with E-state index in [0.717, 1.165) is 12.8 Å². The highest BCUT2D eigenvalue weighted by Gasteiger charge is 2.53. The van der Waals surface area contributed by atoms with Crippen molar-refractivity contribution in [2.45, 2.75) is 24.5 Å². The van der Waals surface area contributed by atoms with Crippen LogP contribution in [0.5, 0.6) is 0 Å². The van der Waals surface area contributed by atoms with Gasteiger partial charge < -0.3 is 19.1 Å². The lowest BCUT2D eigenvalue weighted by Gasteiger charge is -2.28. The molecule has 1 aromatic rings. The van der Waals surface area contributed by atoms with Crippen molar-refractivity contribution >= 4 is 31.5 Å². The number of nitrogens with one attached hydrogen (secondary N) is 1. The second-order valence-electron chi connectivity index (χ2n) is 5.52. The molecule has 1 unspecified atom stereocenters. The number of aliphatic carboxylic acids is 1. The zero-order chi connectivity index (χ0) is 18.9. The first-order valence-corrected chi connectivity index (χ1v) is 7.46.